The van der Waals surface area contributed by atoms with Gasteiger partial charge in [-0.2, -0.15) is 0 Å². The van der Waals surface area contributed by atoms with Crippen LogP contribution < -0.4 is 4.74 Å². The molecule has 0 atom stereocenters. The van der Waals surface area contributed by atoms with Gasteiger partial charge >= 0.3 is 0 Å². The Labute approximate surface area is 193 Å². The number of aryl methyl sites for hydroxylation is 3. The van der Waals surface area contributed by atoms with E-state index in [4.69, 9.17) is 16.5 Å². The van der Waals surface area contributed by atoms with E-state index in [1.165, 1.54) is 16.7 Å². The SMILES string of the molecule is CC(C)(C)Oc1ccc(CCP(=S)(CCc2ccccc2)CCc2ccccc2)cc1. The van der Waals surface area contributed by atoms with Gasteiger partial charge in [-0.15, -0.1) is 0 Å². The predicted molar refractivity (Wildman–Crippen MR) is 140 cm³/mol. The Bertz CT molecular complexity index is 912. The van der Waals surface area contributed by atoms with Crippen molar-refractivity contribution < 1.29 is 4.74 Å². The molecule has 0 unspecified atom stereocenters. The molecule has 164 valence electrons. The first kappa shape index (κ1) is 23.8. The van der Waals surface area contributed by atoms with E-state index in [2.05, 4.69) is 106 Å². The summed E-state index contributed by atoms with van der Waals surface area (Å²) in [5, 5.41) is 0. The molecule has 1 nitrogen and oxygen atoms in total. The van der Waals surface area contributed by atoms with Crippen molar-refractivity contribution in [3.05, 3.63) is 102 Å². The summed E-state index contributed by atoms with van der Waals surface area (Å²) < 4.78 is 5.96. The Morgan fingerprint density at radius 3 is 1.39 bits per heavy atom. The maximum atomic E-state index is 6.38. The topological polar surface area (TPSA) is 9.23 Å². The largest absolute Gasteiger partial charge is 0.488 e. The lowest BCUT2D eigenvalue weighted by Crippen LogP contribution is -2.22. The van der Waals surface area contributed by atoms with Crippen LogP contribution in [0.2, 0.25) is 0 Å². The van der Waals surface area contributed by atoms with Crippen LogP contribution in [0.3, 0.4) is 0 Å². The Kier molecular flexibility index (Phi) is 8.52. The van der Waals surface area contributed by atoms with Gasteiger partial charge in [0.1, 0.15) is 11.4 Å². The van der Waals surface area contributed by atoms with Gasteiger partial charge in [-0.1, -0.05) is 84.6 Å². The number of ether oxygens (including phenoxy) is 1. The molecule has 0 aromatic heterocycles. The summed E-state index contributed by atoms with van der Waals surface area (Å²) in [6.45, 7) is 6.24. The molecule has 0 aliphatic carbocycles. The van der Waals surface area contributed by atoms with Crippen molar-refractivity contribution in [2.24, 2.45) is 0 Å². The summed E-state index contributed by atoms with van der Waals surface area (Å²) in [5.74, 6) is 0.934. The first-order chi connectivity index (χ1) is 14.8. The molecular weight excluding hydrogens is 415 g/mol. The second kappa shape index (κ2) is 11.1. The molecule has 0 bridgehead atoms. The second-order valence-electron chi connectivity index (χ2n) is 9.31. The third-order valence-corrected chi connectivity index (χ3v) is 10.2. The van der Waals surface area contributed by atoms with E-state index in [-0.39, 0.29) is 5.60 Å². The van der Waals surface area contributed by atoms with Gasteiger partial charge in [0.2, 0.25) is 0 Å². The van der Waals surface area contributed by atoms with Crippen LogP contribution in [0.5, 0.6) is 5.75 Å². The van der Waals surface area contributed by atoms with Crippen molar-refractivity contribution in [1.82, 2.24) is 0 Å². The van der Waals surface area contributed by atoms with Gasteiger partial charge < -0.3 is 4.74 Å². The van der Waals surface area contributed by atoms with Gasteiger partial charge in [-0.3, -0.25) is 0 Å². The van der Waals surface area contributed by atoms with Crippen LogP contribution in [0.4, 0.5) is 0 Å². The number of hydrogen-bond donors (Lipinski definition) is 0. The highest BCUT2D eigenvalue weighted by atomic mass is 32.4. The van der Waals surface area contributed by atoms with Crippen LogP contribution in [-0.2, 0) is 31.1 Å². The first-order valence-corrected chi connectivity index (χ1v) is 14.6. The minimum absolute atomic E-state index is 0.169. The van der Waals surface area contributed by atoms with Gasteiger partial charge in [-0.05, 0) is 93.4 Å². The molecule has 31 heavy (non-hydrogen) atoms. The zero-order chi connectivity index (χ0) is 22.2. The second-order valence-corrected chi connectivity index (χ2v) is 15.1. The van der Waals surface area contributed by atoms with E-state index in [1.54, 1.807) is 0 Å². The summed E-state index contributed by atoms with van der Waals surface area (Å²) in [6.07, 6.45) is 6.64. The van der Waals surface area contributed by atoms with E-state index in [0.29, 0.717) is 0 Å². The lowest BCUT2D eigenvalue weighted by molar-refractivity contribution is 0.131. The number of hydrogen-bond acceptors (Lipinski definition) is 2. The monoisotopic (exact) mass is 450 g/mol. The molecule has 0 aliphatic rings. The summed E-state index contributed by atoms with van der Waals surface area (Å²) in [6, 6.07) is 28.7. The third kappa shape index (κ3) is 8.63. The molecule has 0 spiro atoms. The minimum Gasteiger partial charge on any atom is -0.488 e. The fourth-order valence-corrected chi connectivity index (χ4v) is 7.19. The molecule has 0 fully saturated rings. The van der Waals surface area contributed by atoms with Crippen LogP contribution in [-0.4, -0.2) is 24.1 Å². The maximum Gasteiger partial charge on any atom is 0.120 e. The highest BCUT2D eigenvalue weighted by Crippen LogP contribution is 2.47. The van der Waals surface area contributed by atoms with Crippen molar-refractivity contribution in [3.63, 3.8) is 0 Å². The van der Waals surface area contributed by atoms with E-state index in [1.807, 2.05) is 0 Å². The average molecular weight is 451 g/mol. The normalized spacial score (nSPS) is 12.0. The fourth-order valence-electron chi connectivity index (χ4n) is 3.70. The fraction of sp³-hybridized carbons (Fsp3) is 0.357. The summed E-state index contributed by atoms with van der Waals surface area (Å²) in [7, 11) is 0. The van der Waals surface area contributed by atoms with Crippen LogP contribution in [0.15, 0.2) is 84.9 Å². The Morgan fingerprint density at radius 1 is 0.613 bits per heavy atom. The highest BCUT2D eigenvalue weighted by Gasteiger charge is 2.18. The standard InChI is InChI=1S/C28H35OPS/c1-28(2,3)29-27-16-14-26(15-17-27)20-23-30(31,21-18-24-10-6-4-7-11-24)22-19-25-12-8-5-9-13-25/h4-17H,18-23H2,1-3H3. The van der Waals surface area contributed by atoms with Gasteiger partial charge in [0.05, 0.1) is 0 Å². The van der Waals surface area contributed by atoms with Crippen LogP contribution in [0.1, 0.15) is 37.5 Å². The van der Waals surface area contributed by atoms with Gasteiger partial charge in [0.25, 0.3) is 0 Å². The zero-order valence-electron chi connectivity index (χ0n) is 19.1. The van der Waals surface area contributed by atoms with Crippen LogP contribution >= 0.6 is 6.04 Å². The van der Waals surface area contributed by atoms with Crippen molar-refractivity contribution in [3.8, 4) is 5.75 Å². The molecule has 3 aromatic carbocycles. The molecular formula is C28H35OPS. The zero-order valence-corrected chi connectivity index (χ0v) is 20.8. The summed E-state index contributed by atoms with van der Waals surface area (Å²) in [4.78, 5) is 0. The molecule has 0 saturated carbocycles. The lowest BCUT2D eigenvalue weighted by atomic mass is 10.1. The molecule has 0 amide bonds. The van der Waals surface area contributed by atoms with E-state index >= 15 is 0 Å². The molecule has 0 saturated heterocycles. The first-order valence-electron chi connectivity index (χ1n) is 11.2. The number of benzene rings is 3. The van der Waals surface area contributed by atoms with E-state index in [0.717, 1.165) is 43.5 Å². The minimum atomic E-state index is -1.46. The Balaban J connectivity index is 1.64. The molecule has 3 aromatic rings. The van der Waals surface area contributed by atoms with Crippen LogP contribution in [0, 0.1) is 0 Å². The summed E-state index contributed by atoms with van der Waals surface area (Å²) >= 11 is 6.38. The third-order valence-electron chi connectivity index (χ3n) is 5.46. The van der Waals surface area contributed by atoms with Crippen molar-refractivity contribution in [2.45, 2.75) is 45.6 Å². The maximum absolute atomic E-state index is 6.38. The molecule has 3 rings (SSSR count). The van der Waals surface area contributed by atoms with Crippen LogP contribution in [0.25, 0.3) is 0 Å². The quantitative estimate of drug-likeness (QED) is 0.298. The molecule has 0 N–H and O–H groups in total. The van der Waals surface area contributed by atoms with Gasteiger partial charge in [0.15, 0.2) is 0 Å². The van der Waals surface area contributed by atoms with Crippen molar-refractivity contribution in [2.75, 3.05) is 18.5 Å². The van der Waals surface area contributed by atoms with E-state index < -0.39 is 6.04 Å². The molecule has 3 heteroatoms. The molecule has 0 radical (unpaired) electrons. The van der Waals surface area contributed by atoms with Crippen molar-refractivity contribution in [1.29, 1.82) is 0 Å². The van der Waals surface area contributed by atoms with E-state index in [9.17, 15) is 0 Å². The number of rotatable bonds is 10. The predicted octanol–water partition coefficient (Wildman–Crippen LogP) is 7.37. The Morgan fingerprint density at radius 2 is 1.00 bits per heavy atom. The van der Waals surface area contributed by atoms with Gasteiger partial charge in [-0.25, -0.2) is 0 Å². The van der Waals surface area contributed by atoms with Gasteiger partial charge in [0, 0.05) is 0 Å². The smallest absolute Gasteiger partial charge is 0.120 e. The molecule has 0 aliphatic heterocycles. The summed E-state index contributed by atoms with van der Waals surface area (Å²) in [5.41, 5.74) is 3.99. The average Bonchev–Trinajstić information content (AvgIpc) is 2.77. The Hall–Kier alpha value is -1.89. The lowest BCUT2D eigenvalue weighted by Gasteiger charge is -2.23. The highest BCUT2D eigenvalue weighted by molar-refractivity contribution is 8.14. The molecule has 0 heterocycles. The van der Waals surface area contributed by atoms with Crippen molar-refractivity contribution >= 4 is 17.8 Å².